The smallest absolute Gasteiger partial charge is 0.409 e. The molecule has 2 amide bonds. The second kappa shape index (κ2) is 7.81. The first-order valence-electron chi connectivity index (χ1n) is 7.99. The van der Waals surface area contributed by atoms with Crippen molar-refractivity contribution in [1.82, 2.24) is 4.90 Å². The molecule has 0 saturated heterocycles. The highest BCUT2D eigenvalue weighted by Crippen LogP contribution is 2.21. The van der Waals surface area contributed by atoms with Gasteiger partial charge in [-0.25, -0.2) is 4.79 Å². The van der Waals surface area contributed by atoms with E-state index in [-0.39, 0.29) is 12.0 Å². The summed E-state index contributed by atoms with van der Waals surface area (Å²) >= 11 is 0. The summed E-state index contributed by atoms with van der Waals surface area (Å²) in [5.74, 6) is -0.119. The minimum absolute atomic E-state index is 0.119. The van der Waals surface area contributed by atoms with E-state index in [1.54, 1.807) is 11.0 Å². The Morgan fingerprint density at radius 2 is 1.91 bits per heavy atom. The van der Waals surface area contributed by atoms with Gasteiger partial charge in [-0.15, -0.1) is 0 Å². The number of hydrogen-bond acceptors (Lipinski definition) is 3. The zero-order valence-electron chi connectivity index (χ0n) is 14.0. The van der Waals surface area contributed by atoms with Crippen LogP contribution in [0.1, 0.15) is 31.9 Å². The second-order valence-corrected chi connectivity index (χ2v) is 5.88. The first-order valence-corrected chi connectivity index (χ1v) is 7.99. The van der Waals surface area contributed by atoms with Crippen molar-refractivity contribution in [3.05, 3.63) is 41.0 Å². The monoisotopic (exact) mass is 316 g/mol. The molecule has 0 fully saturated rings. The SMILES string of the molecule is CCOC(=O)N1CCc2ccc(NC(=O)C=C(C)C)cc2CC1. The molecule has 0 spiro atoms. The van der Waals surface area contributed by atoms with Gasteiger partial charge in [0.05, 0.1) is 6.61 Å². The molecule has 23 heavy (non-hydrogen) atoms. The molecule has 0 bridgehead atoms. The van der Waals surface area contributed by atoms with Crippen LogP contribution in [0.25, 0.3) is 0 Å². The molecule has 5 nitrogen and oxygen atoms in total. The largest absolute Gasteiger partial charge is 0.450 e. The molecule has 0 unspecified atom stereocenters. The predicted octanol–water partition coefficient (Wildman–Crippen LogP) is 3.15. The van der Waals surface area contributed by atoms with Gasteiger partial charge in [0.1, 0.15) is 0 Å². The molecular formula is C18H24N2O3. The lowest BCUT2D eigenvalue weighted by Gasteiger charge is -2.18. The third-order valence-corrected chi connectivity index (χ3v) is 3.72. The minimum Gasteiger partial charge on any atom is -0.450 e. The molecule has 0 aromatic heterocycles. The van der Waals surface area contributed by atoms with Gasteiger partial charge in [0.15, 0.2) is 0 Å². The van der Waals surface area contributed by atoms with Crippen LogP contribution in [0.15, 0.2) is 29.8 Å². The van der Waals surface area contributed by atoms with E-state index in [4.69, 9.17) is 4.74 Å². The van der Waals surface area contributed by atoms with Gasteiger partial charge in [-0.2, -0.15) is 0 Å². The third-order valence-electron chi connectivity index (χ3n) is 3.72. The molecule has 1 aromatic carbocycles. The molecule has 1 N–H and O–H groups in total. The van der Waals surface area contributed by atoms with Crippen molar-refractivity contribution in [2.45, 2.75) is 33.6 Å². The summed E-state index contributed by atoms with van der Waals surface area (Å²) in [7, 11) is 0. The Hall–Kier alpha value is -2.30. The van der Waals surface area contributed by atoms with Crippen LogP contribution >= 0.6 is 0 Å². The lowest BCUT2D eigenvalue weighted by atomic mass is 10.0. The summed E-state index contributed by atoms with van der Waals surface area (Å²) in [6.45, 7) is 7.28. The van der Waals surface area contributed by atoms with Crippen LogP contribution in [0.4, 0.5) is 10.5 Å². The summed E-state index contributed by atoms with van der Waals surface area (Å²) in [5.41, 5.74) is 4.14. The molecule has 1 aromatic rings. The minimum atomic E-state index is -0.252. The van der Waals surface area contributed by atoms with E-state index < -0.39 is 0 Å². The third kappa shape index (κ3) is 4.84. The highest BCUT2D eigenvalue weighted by molar-refractivity contribution is 5.99. The number of ether oxygens (including phenoxy) is 1. The molecular weight excluding hydrogens is 292 g/mol. The Balaban J connectivity index is 2.06. The summed E-state index contributed by atoms with van der Waals surface area (Å²) in [6.07, 6.45) is 2.89. The molecule has 0 aliphatic carbocycles. The number of carbonyl (C=O) groups is 2. The molecule has 2 rings (SSSR count). The van der Waals surface area contributed by atoms with Crippen LogP contribution in [0.2, 0.25) is 0 Å². The van der Waals surface area contributed by atoms with Gasteiger partial charge in [-0.3, -0.25) is 4.79 Å². The van der Waals surface area contributed by atoms with Gasteiger partial charge in [-0.1, -0.05) is 11.6 Å². The molecule has 0 radical (unpaired) electrons. The molecule has 0 atom stereocenters. The maximum Gasteiger partial charge on any atom is 0.409 e. The number of nitrogens with one attached hydrogen (secondary N) is 1. The van der Waals surface area contributed by atoms with Gasteiger partial charge in [0, 0.05) is 24.9 Å². The summed E-state index contributed by atoms with van der Waals surface area (Å²) in [5, 5.41) is 2.88. The normalized spacial score (nSPS) is 13.6. The Morgan fingerprint density at radius 3 is 2.57 bits per heavy atom. The van der Waals surface area contributed by atoms with Gasteiger partial charge < -0.3 is 15.0 Å². The first-order chi connectivity index (χ1) is 11.0. The van der Waals surface area contributed by atoms with Crippen molar-refractivity contribution in [1.29, 1.82) is 0 Å². The molecule has 1 aliphatic heterocycles. The second-order valence-electron chi connectivity index (χ2n) is 5.88. The van der Waals surface area contributed by atoms with E-state index in [9.17, 15) is 9.59 Å². The van der Waals surface area contributed by atoms with Gasteiger partial charge in [0.25, 0.3) is 0 Å². The fourth-order valence-electron chi connectivity index (χ4n) is 2.64. The lowest BCUT2D eigenvalue weighted by Crippen LogP contribution is -2.33. The van der Waals surface area contributed by atoms with Crippen molar-refractivity contribution in [3.8, 4) is 0 Å². The standard InChI is InChI=1S/C18H24N2O3/c1-4-23-18(22)20-9-7-14-5-6-16(12-15(14)8-10-20)19-17(21)11-13(2)3/h5-6,11-12H,4,7-10H2,1-3H3,(H,19,21). The maximum absolute atomic E-state index is 11.9. The zero-order valence-corrected chi connectivity index (χ0v) is 14.0. The van der Waals surface area contributed by atoms with Crippen molar-refractivity contribution >= 4 is 17.7 Å². The van der Waals surface area contributed by atoms with E-state index in [1.165, 1.54) is 11.1 Å². The maximum atomic E-state index is 11.9. The Kier molecular flexibility index (Phi) is 5.79. The quantitative estimate of drug-likeness (QED) is 0.872. The highest BCUT2D eigenvalue weighted by Gasteiger charge is 2.19. The number of rotatable bonds is 3. The first kappa shape index (κ1) is 17.1. The number of benzene rings is 1. The summed E-state index contributed by atoms with van der Waals surface area (Å²) < 4.78 is 5.07. The summed E-state index contributed by atoms with van der Waals surface area (Å²) in [6, 6.07) is 5.94. The van der Waals surface area contributed by atoms with Gasteiger partial charge in [-0.05, 0) is 56.9 Å². The van der Waals surface area contributed by atoms with Crippen molar-refractivity contribution < 1.29 is 14.3 Å². The number of anilines is 1. The highest BCUT2D eigenvalue weighted by atomic mass is 16.6. The Morgan fingerprint density at radius 1 is 1.22 bits per heavy atom. The number of hydrogen-bond donors (Lipinski definition) is 1. The topological polar surface area (TPSA) is 58.6 Å². The number of carbonyl (C=O) groups excluding carboxylic acids is 2. The van der Waals surface area contributed by atoms with E-state index in [1.807, 2.05) is 39.0 Å². The number of fused-ring (bicyclic) bond motifs is 1. The van der Waals surface area contributed by atoms with Crippen LogP contribution in [0.3, 0.4) is 0 Å². The van der Waals surface area contributed by atoms with Crippen LogP contribution < -0.4 is 5.32 Å². The van der Waals surface area contributed by atoms with Crippen molar-refractivity contribution in [2.24, 2.45) is 0 Å². The fraction of sp³-hybridized carbons (Fsp3) is 0.444. The molecule has 1 heterocycles. The predicted molar refractivity (Wildman–Crippen MR) is 90.5 cm³/mol. The number of amides is 2. The van der Waals surface area contributed by atoms with Crippen LogP contribution in [-0.2, 0) is 22.4 Å². The number of nitrogens with zero attached hydrogens (tertiary/aromatic N) is 1. The van der Waals surface area contributed by atoms with E-state index >= 15 is 0 Å². The molecule has 1 aliphatic rings. The van der Waals surface area contributed by atoms with Crippen LogP contribution in [-0.4, -0.2) is 36.6 Å². The molecule has 124 valence electrons. The van der Waals surface area contributed by atoms with Crippen LogP contribution in [0.5, 0.6) is 0 Å². The van der Waals surface area contributed by atoms with Gasteiger partial charge >= 0.3 is 6.09 Å². The Bertz CT molecular complexity index is 619. The average Bonchev–Trinajstić information content (AvgIpc) is 2.68. The average molecular weight is 316 g/mol. The number of allylic oxidation sites excluding steroid dienone is 1. The molecule has 0 saturated carbocycles. The fourth-order valence-corrected chi connectivity index (χ4v) is 2.64. The lowest BCUT2D eigenvalue weighted by molar-refractivity contribution is -0.111. The zero-order chi connectivity index (χ0) is 16.8. The van der Waals surface area contributed by atoms with Crippen molar-refractivity contribution in [3.63, 3.8) is 0 Å². The van der Waals surface area contributed by atoms with E-state index in [2.05, 4.69) is 5.32 Å². The Labute approximate surface area is 137 Å². The summed E-state index contributed by atoms with van der Waals surface area (Å²) in [4.78, 5) is 25.4. The van der Waals surface area contributed by atoms with E-state index in [0.717, 1.165) is 24.1 Å². The van der Waals surface area contributed by atoms with Crippen LogP contribution in [0, 0.1) is 0 Å². The molecule has 5 heteroatoms. The van der Waals surface area contributed by atoms with E-state index in [0.29, 0.717) is 19.7 Å². The van der Waals surface area contributed by atoms with Gasteiger partial charge in [0.2, 0.25) is 5.91 Å². The van der Waals surface area contributed by atoms with Crippen molar-refractivity contribution in [2.75, 3.05) is 25.0 Å².